The number of para-hydroxylation sites is 1. The van der Waals surface area contributed by atoms with Crippen molar-refractivity contribution in [3.05, 3.63) is 63.3 Å². The van der Waals surface area contributed by atoms with Gasteiger partial charge in [-0.1, -0.05) is 23.7 Å². The number of aliphatic carboxylic acids is 1. The first-order valence-corrected chi connectivity index (χ1v) is 6.85. The minimum Gasteiger partial charge on any atom is -0.479 e. The van der Waals surface area contributed by atoms with Crippen LogP contribution in [0, 0.1) is 5.82 Å². The minimum atomic E-state index is -1.23. The molecular formula is C14H10BrClFNO2. The molecule has 3 nitrogen and oxygen atoms in total. The molecule has 0 aromatic heterocycles. The Balaban J connectivity index is 2.40. The van der Waals surface area contributed by atoms with Crippen LogP contribution in [0.5, 0.6) is 0 Å². The first kappa shape index (κ1) is 14.8. The van der Waals surface area contributed by atoms with Gasteiger partial charge in [0.2, 0.25) is 0 Å². The number of hydrogen-bond donors (Lipinski definition) is 2. The van der Waals surface area contributed by atoms with Crippen LogP contribution in [-0.4, -0.2) is 11.1 Å². The zero-order valence-electron chi connectivity index (χ0n) is 10.1. The Morgan fingerprint density at radius 2 is 2.00 bits per heavy atom. The molecule has 0 aliphatic carbocycles. The van der Waals surface area contributed by atoms with Crippen LogP contribution >= 0.6 is 27.5 Å². The lowest BCUT2D eigenvalue weighted by Gasteiger charge is -2.18. The molecule has 6 heteroatoms. The maximum Gasteiger partial charge on any atom is 0.330 e. The fraction of sp³-hybridized carbons (Fsp3) is 0.0714. The maximum atomic E-state index is 13.8. The van der Waals surface area contributed by atoms with E-state index in [0.717, 1.165) is 6.07 Å². The zero-order valence-corrected chi connectivity index (χ0v) is 12.5. The van der Waals surface area contributed by atoms with Crippen molar-refractivity contribution < 1.29 is 14.3 Å². The molecule has 0 bridgehead atoms. The van der Waals surface area contributed by atoms with Crippen LogP contribution in [0.3, 0.4) is 0 Å². The summed E-state index contributed by atoms with van der Waals surface area (Å²) < 4.78 is 14.5. The highest BCUT2D eigenvalue weighted by Crippen LogP contribution is 2.29. The van der Waals surface area contributed by atoms with Gasteiger partial charge in [-0.15, -0.1) is 0 Å². The van der Waals surface area contributed by atoms with Crippen molar-refractivity contribution in [3.63, 3.8) is 0 Å². The third kappa shape index (κ3) is 3.29. The van der Waals surface area contributed by atoms with Crippen molar-refractivity contribution in [3.8, 4) is 0 Å². The van der Waals surface area contributed by atoms with E-state index in [2.05, 4.69) is 21.2 Å². The van der Waals surface area contributed by atoms with Gasteiger partial charge in [0.05, 0.1) is 0 Å². The predicted molar refractivity (Wildman–Crippen MR) is 79.6 cm³/mol. The normalized spacial score (nSPS) is 11.9. The summed E-state index contributed by atoms with van der Waals surface area (Å²) in [5.41, 5.74) is 0.542. The summed E-state index contributed by atoms with van der Waals surface area (Å²) in [6.07, 6.45) is 0. The largest absolute Gasteiger partial charge is 0.479 e. The molecule has 0 spiro atoms. The average Bonchev–Trinajstić information content (AvgIpc) is 2.40. The van der Waals surface area contributed by atoms with Crippen LogP contribution in [0.15, 0.2) is 46.9 Å². The van der Waals surface area contributed by atoms with Crippen molar-refractivity contribution in [2.45, 2.75) is 6.04 Å². The van der Waals surface area contributed by atoms with Gasteiger partial charge in [0, 0.05) is 20.7 Å². The molecule has 20 heavy (non-hydrogen) atoms. The molecule has 2 N–H and O–H groups in total. The molecule has 0 saturated carbocycles. The Morgan fingerprint density at radius 3 is 2.65 bits per heavy atom. The maximum absolute atomic E-state index is 13.8. The van der Waals surface area contributed by atoms with Crippen LogP contribution in [-0.2, 0) is 4.79 Å². The quantitative estimate of drug-likeness (QED) is 0.847. The monoisotopic (exact) mass is 357 g/mol. The van der Waals surface area contributed by atoms with Crippen LogP contribution in [0.2, 0.25) is 5.02 Å². The molecule has 0 amide bonds. The lowest BCUT2D eigenvalue weighted by atomic mass is 10.1. The number of rotatable bonds is 4. The molecule has 2 rings (SSSR count). The first-order valence-electron chi connectivity index (χ1n) is 5.68. The minimum absolute atomic E-state index is 0.0132. The third-order valence-electron chi connectivity index (χ3n) is 2.69. The standard InChI is InChI=1S/C14H10BrClFNO2/c15-10-3-1-2-4-12(10)18-13(14(19)20)9-7-8(16)5-6-11(9)17/h1-7,13,18H,(H,19,20). The van der Waals surface area contributed by atoms with E-state index in [4.69, 9.17) is 11.6 Å². The molecule has 2 aromatic carbocycles. The molecule has 0 aliphatic heterocycles. The molecule has 0 saturated heterocycles. The van der Waals surface area contributed by atoms with Crippen molar-refractivity contribution in [1.82, 2.24) is 0 Å². The molecule has 0 fully saturated rings. The van der Waals surface area contributed by atoms with Gasteiger partial charge < -0.3 is 10.4 Å². The van der Waals surface area contributed by atoms with Gasteiger partial charge in [0.1, 0.15) is 5.82 Å². The number of carboxylic acids is 1. The molecule has 1 atom stereocenters. The van der Waals surface area contributed by atoms with E-state index >= 15 is 0 Å². The molecule has 0 aliphatic rings. The van der Waals surface area contributed by atoms with Crippen LogP contribution in [0.4, 0.5) is 10.1 Å². The summed E-state index contributed by atoms with van der Waals surface area (Å²) in [4.78, 5) is 11.4. The van der Waals surface area contributed by atoms with Crippen LogP contribution < -0.4 is 5.32 Å². The second kappa shape index (κ2) is 6.24. The van der Waals surface area contributed by atoms with Gasteiger partial charge in [-0.2, -0.15) is 0 Å². The number of carboxylic acid groups (broad SMARTS) is 1. The van der Waals surface area contributed by atoms with Crippen molar-refractivity contribution >= 4 is 39.2 Å². The number of hydrogen-bond acceptors (Lipinski definition) is 2. The number of halogens is 3. The second-order valence-corrected chi connectivity index (χ2v) is 5.35. The van der Waals surface area contributed by atoms with Crippen molar-refractivity contribution in [2.75, 3.05) is 5.32 Å². The SMILES string of the molecule is O=C(O)C(Nc1ccccc1Br)c1cc(Cl)ccc1F. The van der Waals surface area contributed by atoms with E-state index < -0.39 is 17.8 Å². The Labute approximate surface area is 128 Å². The topological polar surface area (TPSA) is 49.3 Å². The van der Waals surface area contributed by atoms with Crippen LogP contribution in [0.1, 0.15) is 11.6 Å². The zero-order chi connectivity index (χ0) is 14.7. The van der Waals surface area contributed by atoms with E-state index in [9.17, 15) is 14.3 Å². The summed E-state index contributed by atoms with van der Waals surface area (Å²) in [6, 6.07) is 9.60. The summed E-state index contributed by atoms with van der Waals surface area (Å²) in [5.74, 6) is -1.82. The average molecular weight is 359 g/mol. The lowest BCUT2D eigenvalue weighted by molar-refractivity contribution is -0.138. The predicted octanol–water partition coefficient (Wildman–Crippen LogP) is 4.48. The van der Waals surface area contributed by atoms with E-state index in [-0.39, 0.29) is 10.6 Å². The van der Waals surface area contributed by atoms with Gasteiger partial charge in [-0.25, -0.2) is 9.18 Å². The molecular weight excluding hydrogens is 349 g/mol. The molecule has 1 unspecified atom stereocenters. The van der Waals surface area contributed by atoms with E-state index in [1.54, 1.807) is 24.3 Å². The first-order chi connectivity index (χ1) is 9.49. The van der Waals surface area contributed by atoms with Crippen LogP contribution in [0.25, 0.3) is 0 Å². The van der Waals surface area contributed by atoms with Gasteiger partial charge in [-0.05, 0) is 46.3 Å². The Bertz CT molecular complexity index is 651. The number of anilines is 1. The van der Waals surface area contributed by atoms with E-state index in [1.165, 1.54) is 12.1 Å². The smallest absolute Gasteiger partial charge is 0.330 e. The third-order valence-corrected chi connectivity index (χ3v) is 3.62. The van der Waals surface area contributed by atoms with Gasteiger partial charge in [-0.3, -0.25) is 0 Å². The number of benzene rings is 2. The number of nitrogens with one attached hydrogen (secondary N) is 1. The highest BCUT2D eigenvalue weighted by Gasteiger charge is 2.24. The summed E-state index contributed by atoms with van der Waals surface area (Å²) in [5, 5.41) is 12.4. The fourth-order valence-electron chi connectivity index (χ4n) is 1.74. The summed E-state index contributed by atoms with van der Waals surface area (Å²) >= 11 is 9.11. The lowest BCUT2D eigenvalue weighted by Crippen LogP contribution is -2.21. The van der Waals surface area contributed by atoms with Crippen molar-refractivity contribution in [1.29, 1.82) is 0 Å². The highest BCUT2D eigenvalue weighted by molar-refractivity contribution is 9.10. The second-order valence-electron chi connectivity index (χ2n) is 4.06. The highest BCUT2D eigenvalue weighted by atomic mass is 79.9. The summed E-state index contributed by atoms with van der Waals surface area (Å²) in [6.45, 7) is 0. The van der Waals surface area contributed by atoms with Gasteiger partial charge >= 0.3 is 5.97 Å². The Hall–Kier alpha value is -1.59. The van der Waals surface area contributed by atoms with Gasteiger partial charge in [0.15, 0.2) is 6.04 Å². The number of carbonyl (C=O) groups is 1. The van der Waals surface area contributed by atoms with Gasteiger partial charge in [0.25, 0.3) is 0 Å². The van der Waals surface area contributed by atoms with Crippen molar-refractivity contribution in [2.24, 2.45) is 0 Å². The molecule has 2 aromatic rings. The fourth-order valence-corrected chi connectivity index (χ4v) is 2.32. The van der Waals surface area contributed by atoms with E-state index in [0.29, 0.717) is 10.2 Å². The van der Waals surface area contributed by atoms with E-state index in [1.807, 2.05) is 0 Å². The summed E-state index contributed by atoms with van der Waals surface area (Å²) in [7, 11) is 0. The molecule has 0 heterocycles. The molecule has 0 radical (unpaired) electrons. The Kier molecular flexibility index (Phi) is 4.62. The Morgan fingerprint density at radius 1 is 1.30 bits per heavy atom. The molecule has 104 valence electrons.